The molecule has 2 rings (SSSR count). The van der Waals surface area contributed by atoms with E-state index in [2.05, 4.69) is 10.3 Å². The van der Waals surface area contributed by atoms with Crippen LogP contribution in [0.3, 0.4) is 0 Å². The van der Waals surface area contributed by atoms with E-state index in [1.165, 1.54) is 7.11 Å². The highest BCUT2D eigenvalue weighted by molar-refractivity contribution is 5.74. The monoisotopic (exact) mass is 206 g/mol. The molecule has 0 aliphatic carbocycles. The summed E-state index contributed by atoms with van der Waals surface area (Å²) in [6.07, 6.45) is 3.50. The molecule has 0 bridgehead atoms. The van der Waals surface area contributed by atoms with Crippen molar-refractivity contribution in [3.8, 4) is 0 Å². The average molecular weight is 206 g/mol. The van der Waals surface area contributed by atoms with Crippen LogP contribution in [0.25, 0.3) is 0 Å². The van der Waals surface area contributed by atoms with Crippen molar-refractivity contribution >= 4 is 5.97 Å². The summed E-state index contributed by atoms with van der Waals surface area (Å²) >= 11 is 0. The summed E-state index contributed by atoms with van der Waals surface area (Å²) in [7, 11) is 1.43. The molecule has 0 unspecified atom stereocenters. The zero-order valence-electron chi connectivity index (χ0n) is 8.64. The van der Waals surface area contributed by atoms with Crippen LogP contribution in [0.5, 0.6) is 0 Å². The number of carbonyl (C=O) groups excluding carboxylic acids is 1. The van der Waals surface area contributed by atoms with Gasteiger partial charge in [0.15, 0.2) is 0 Å². The molecular weight excluding hydrogens is 192 g/mol. The number of nitrogens with zero attached hydrogens (tertiary/aromatic N) is 1. The van der Waals surface area contributed by atoms with Gasteiger partial charge in [0.25, 0.3) is 0 Å². The molecule has 0 radical (unpaired) electrons. The molecule has 80 valence electrons. The van der Waals surface area contributed by atoms with E-state index in [0.29, 0.717) is 6.54 Å². The van der Waals surface area contributed by atoms with E-state index in [-0.39, 0.29) is 17.8 Å². The van der Waals surface area contributed by atoms with Gasteiger partial charge in [0, 0.05) is 31.4 Å². The Hall–Kier alpha value is -1.42. The molecule has 1 fully saturated rings. The van der Waals surface area contributed by atoms with Crippen molar-refractivity contribution in [3.63, 3.8) is 0 Å². The highest BCUT2D eigenvalue weighted by Crippen LogP contribution is 2.28. The van der Waals surface area contributed by atoms with Crippen LogP contribution in [0.1, 0.15) is 11.5 Å². The predicted molar refractivity (Wildman–Crippen MR) is 55.4 cm³/mol. The van der Waals surface area contributed by atoms with Gasteiger partial charge < -0.3 is 10.1 Å². The Labute approximate surface area is 88.7 Å². The summed E-state index contributed by atoms with van der Waals surface area (Å²) in [6.45, 7) is 1.52. The molecule has 2 atom stereocenters. The second kappa shape index (κ2) is 4.40. The number of ether oxygens (including phenoxy) is 1. The van der Waals surface area contributed by atoms with E-state index in [1.807, 2.05) is 12.1 Å². The van der Waals surface area contributed by atoms with Gasteiger partial charge in [0.05, 0.1) is 13.0 Å². The van der Waals surface area contributed by atoms with E-state index >= 15 is 0 Å². The molecule has 1 aliphatic rings. The maximum Gasteiger partial charge on any atom is 0.310 e. The first-order valence-corrected chi connectivity index (χ1v) is 5.01. The van der Waals surface area contributed by atoms with E-state index in [0.717, 1.165) is 12.1 Å². The predicted octanol–water partition coefficient (Wildman–Crippen LogP) is 0.558. The standard InChI is InChI=1S/C11H14N2O2/c1-15-11(14)10-7-13-6-9(10)8-2-4-12-5-3-8/h2-5,9-10,13H,6-7H2,1H3/t9-,10+/m1/s1. The van der Waals surface area contributed by atoms with Crippen molar-refractivity contribution in [1.29, 1.82) is 0 Å². The molecule has 0 aromatic carbocycles. The summed E-state index contributed by atoms with van der Waals surface area (Å²) < 4.78 is 4.79. The number of aromatic nitrogens is 1. The topological polar surface area (TPSA) is 51.2 Å². The van der Waals surface area contributed by atoms with E-state index in [1.54, 1.807) is 12.4 Å². The average Bonchev–Trinajstić information content (AvgIpc) is 2.78. The van der Waals surface area contributed by atoms with Crippen LogP contribution in [0.2, 0.25) is 0 Å². The number of esters is 1. The van der Waals surface area contributed by atoms with Crippen LogP contribution in [0.15, 0.2) is 24.5 Å². The fourth-order valence-electron chi connectivity index (χ4n) is 2.04. The van der Waals surface area contributed by atoms with Gasteiger partial charge >= 0.3 is 5.97 Å². The molecule has 1 aromatic heterocycles. The number of hydrogen-bond donors (Lipinski definition) is 1. The zero-order chi connectivity index (χ0) is 10.7. The van der Waals surface area contributed by atoms with Gasteiger partial charge in [-0.2, -0.15) is 0 Å². The quantitative estimate of drug-likeness (QED) is 0.718. The van der Waals surface area contributed by atoms with Gasteiger partial charge in [-0.05, 0) is 17.7 Å². The van der Waals surface area contributed by atoms with Crippen molar-refractivity contribution in [1.82, 2.24) is 10.3 Å². The van der Waals surface area contributed by atoms with Gasteiger partial charge in [-0.3, -0.25) is 9.78 Å². The normalized spacial score (nSPS) is 25.1. The van der Waals surface area contributed by atoms with Crippen molar-refractivity contribution in [2.45, 2.75) is 5.92 Å². The van der Waals surface area contributed by atoms with Crippen molar-refractivity contribution < 1.29 is 9.53 Å². The molecule has 1 aliphatic heterocycles. The van der Waals surface area contributed by atoms with E-state index in [9.17, 15) is 4.79 Å². The lowest BCUT2D eigenvalue weighted by Crippen LogP contribution is -2.22. The van der Waals surface area contributed by atoms with Crippen LogP contribution >= 0.6 is 0 Å². The van der Waals surface area contributed by atoms with Crippen molar-refractivity contribution in [2.24, 2.45) is 5.92 Å². The SMILES string of the molecule is COC(=O)[C@H]1CNC[C@@H]1c1ccncc1. The smallest absolute Gasteiger partial charge is 0.310 e. The Bertz CT molecular complexity index is 340. The summed E-state index contributed by atoms with van der Waals surface area (Å²) in [5.74, 6) is -0.000313. The second-order valence-corrected chi connectivity index (χ2v) is 3.67. The number of rotatable bonds is 2. The molecule has 1 saturated heterocycles. The Kier molecular flexibility index (Phi) is 2.97. The minimum absolute atomic E-state index is 0.0719. The maximum absolute atomic E-state index is 11.5. The molecule has 2 heterocycles. The van der Waals surface area contributed by atoms with E-state index < -0.39 is 0 Å². The minimum Gasteiger partial charge on any atom is -0.469 e. The summed E-state index contributed by atoms with van der Waals surface area (Å²) in [5, 5.41) is 3.21. The van der Waals surface area contributed by atoms with E-state index in [4.69, 9.17) is 4.74 Å². The minimum atomic E-state index is -0.137. The third kappa shape index (κ3) is 1.99. The van der Waals surface area contributed by atoms with Gasteiger partial charge in [0.1, 0.15) is 0 Å². The third-order valence-corrected chi connectivity index (χ3v) is 2.85. The lowest BCUT2D eigenvalue weighted by molar-refractivity contribution is -0.145. The van der Waals surface area contributed by atoms with Crippen LogP contribution in [-0.4, -0.2) is 31.2 Å². The molecule has 4 nitrogen and oxygen atoms in total. The van der Waals surface area contributed by atoms with Gasteiger partial charge in [-0.15, -0.1) is 0 Å². The summed E-state index contributed by atoms with van der Waals surface area (Å²) in [6, 6.07) is 3.90. The Morgan fingerprint density at radius 1 is 1.47 bits per heavy atom. The molecular formula is C11H14N2O2. The molecule has 0 saturated carbocycles. The van der Waals surface area contributed by atoms with Crippen molar-refractivity contribution in [3.05, 3.63) is 30.1 Å². The Balaban J connectivity index is 2.18. The Morgan fingerprint density at radius 3 is 2.87 bits per heavy atom. The van der Waals surface area contributed by atoms with Crippen molar-refractivity contribution in [2.75, 3.05) is 20.2 Å². The first-order chi connectivity index (χ1) is 7.33. The molecule has 1 N–H and O–H groups in total. The highest BCUT2D eigenvalue weighted by atomic mass is 16.5. The molecule has 4 heteroatoms. The zero-order valence-corrected chi connectivity index (χ0v) is 8.64. The largest absolute Gasteiger partial charge is 0.469 e. The van der Waals surface area contributed by atoms with Gasteiger partial charge in [-0.1, -0.05) is 0 Å². The fourth-order valence-corrected chi connectivity index (χ4v) is 2.04. The van der Waals surface area contributed by atoms with Crippen LogP contribution < -0.4 is 5.32 Å². The van der Waals surface area contributed by atoms with Crippen LogP contribution in [-0.2, 0) is 9.53 Å². The molecule has 0 amide bonds. The highest BCUT2D eigenvalue weighted by Gasteiger charge is 2.34. The Morgan fingerprint density at radius 2 is 2.20 bits per heavy atom. The fraction of sp³-hybridized carbons (Fsp3) is 0.455. The molecule has 0 spiro atoms. The lowest BCUT2D eigenvalue weighted by Gasteiger charge is -2.16. The van der Waals surface area contributed by atoms with Gasteiger partial charge in [0.2, 0.25) is 0 Å². The number of carbonyl (C=O) groups is 1. The third-order valence-electron chi connectivity index (χ3n) is 2.85. The first-order valence-electron chi connectivity index (χ1n) is 5.01. The molecule has 15 heavy (non-hydrogen) atoms. The number of methoxy groups -OCH3 is 1. The van der Waals surface area contributed by atoms with Crippen LogP contribution in [0, 0.1) is 5.92 Å². The number of nitrogens with one attached hydrogen (secondary N) is 1. The number of hydrogen-bond acceptors (Lipinski definition) is 4. The van der Waals surface area contributed by atoms with Crippen LogP contribution in [0.4, 0.5) is 0 Å². The van der Waals surface area contributed by atoms with Gasteiger partial charge in [-0.25, -0.2) is 0 Å². The first kappa shape index (κ1) is 10.1. The number of pyridine rings is 1. The summed E-state index contributed by atoms with van der Waals surface area (Å²) in [4.78, 5) is 15.5. The summed E-state index contributed by atoms with van der Waals surface area (Å²) in [5.41, 5.74) is 1.14. The second-order valence-electron chi connectivity index (χ2n) is 3.67. The lowest BCUT2D eigenvalue weighted by atomic mass is 9.90. The maximum atomic E-state index is 11.5. The molecule has 1 aromatic rings.